The quantitative estimate of drug-likeness (QED) is 0.422. The predicted octanol–water partition coefficient (Wildman–Crippen LogP) is 0.647. The van der Waals surface area contributed by atoms with E-state index in [9.17, 15) is 9.59 Å². The Hall–Kier alpha value is -2.61. The van der Waals surface area contributed by atoms with Gasteiger partial charge in [-0.2, -0.15) is 0 Å². The highest BCUT2D eigenvalue weighted by Crippen LogP contribution is 2.22. The molecule has 0 spiro atoms. The van der Waals surface area contributed by atoms with E-state index >= 15 is 0 Å². The molecular formula is C20H29N5O3. The smallest absolute Gasteiger partial charge is 0.320 e. The molecule has 2 fully saturated rings. The molecule has 28 heavy (non-hydrogen) atoms. The number of nitrogens with two attached hydrogens (primary N) is 1. The van der Waals surface area contributed by atoms with Crippen molar-refractivity contribution in [3.8, 4) is 0 Å². The third kappa shape index (κ3) is 4.81. The fourth-order valence-corrected chi connectivity index (χ4v) is 3.92. The zero-order valence-electron chi connectivity index (χ0n) is 16.4. The number of hydrogen-bond donors (Lipinski definition) is 2. The van der Waals surface area contributed by atoms with E-state index in [1.165, 1.54) is 0 Å². The van der Waals surface area contributed by atoms with Crippen molar-refractivity contribution in [3.05, 3.63) is 29.8 Å². The molecule has 2 aliphatic heterocycles. The van der Waals surface area contributed by atoms with Crippen LogP contribution in [0, 0.1) is 5.41 Å². The van der Waals surface area contributed by atoms with E-state index in [-0.39, 0.29) is 23.8 Å². The lowest BCUT2D eigenvalue weighted by atomic mass is 10.0. The lowest BCUT2D eigenvalue weighted by Gasteiger charge is -2.43. The maximum Gasteiger partial charge on any atom is 0.320 e. The van der Waals surface area contributed by atoms with Gasteiger partial charge in [-0.25, -0.2) is 0 Å². The number of piperidine rings is 1. The third-order valence-electron chi connectivity index (χ3n) is 5.46. The van der Waals surface area contributed by atoms with Crippen molar-refractivity contribution >= 4 is 23.4 Å². The van der Waals surface area contributed by atoms with Crippen molar-refractivity contribution in [1.82, 2.24) is 9.80 Å². The highest BCUT2D eigenvalue weighted by molar-refractivity contribution is 5.95. The number of amidine groups is 1. The maximum atomic E-state index is 12.7. The van der Waals surface area contributed by atoms with Crippen LogP contribution >= 0.6 is 0 Å². The SMILES string of the molecule is CCOC(=O)CN1CCC(N2CCN(c3ccc(C(=N)N)cc3)CC2=O)CC1. The normalized spacial score (nSPS) is 19.0. The van der Waals surface area contributed by atoms with Crippen molar-refractivity contribution in [3.63, 3.8) is 0 Å². The van der Waals surface area contributed by atoms with Crippen LogP contribution in [0.1, 0.15) is 25.3 Å². The van der Waals surface area contributed by atoms with E-state index in [0.29, 0.717) is 31.8 Å². The summed E-state index contributed by atoms with van der Waals surface area (Å²) in [5.74, 6) is 0.00825. The Labute approximate surface area is 165 Å². The van der Waals surface area contributed by atoms with Crippen molar-refractivity contribution in [2.24, 2.45) is 5.73 Å². The molecule has 152 valence electrons. The predicted molar refractivity (Wildman–Crippen MR) is 107 cm³/mol. The molecule has 2 aliphatic rings. The first-order valence-electron chi connectivity index (χ1n) is 9.84. The van der Waals surface area contributed by atoms with Gasteiger partial charge in [-0.1, -0.05) is 0 Å². The number of likely N-dealkylation sites (tertiary alicyclic amines) is 1. The molecule has 1 aromatic carbocycles. The number of anilines is 1. The molecule has 1 aromatic rings. The van der Waals surface area contributed by atoms with Gasteiger partial charge < -0.3 is 20.3 Å². The zero-order valence-corrected chi connectivity index (χ0v) is 16.4. The number of nitrogens with one attached hydrogen (secondary N) is 1. The van der Waals surface area contributed by atoms with Crippen molar-refractivity contribution in [2.75, 3.05) is 50.8 Å². The van der Waals surface area contributed by atoms with Crippen molar-refractivity contribution < 1.29 is 14.3 Å². The maximum absolute atomic E-state index is 12.7. The van der Waals surface area contributed by atoms with Gasteiger partial charge in [-0.3, -0.25) is 19.9 Å². The zero-order chi connectivity index (χ0) is 20.1. The first-order chi connectivity index (χ1) is 13.5. The second kappa shape index (κ2) is 9.05. The topological polar surface area (TPSA) is 103 Å². The first-order valence-corrected chi connectivity index (χ1v) is 9.84. The summed E-state index contributed by atoms with van der Waals surface area (Å²) in [7, 11) is 0. The van der Waals surface area contributed by atoms with E-state index in [1.54, 1.807) is 0 Å². The summed E-state index contributed by atoms with van der Waals surface area (Å²) in [5, 5.41) is 7.47. The summed E-state index contributed by atoms with van der Waals surface area (Å²) in [4.78, 5) is 30.5. The summed E-state index contributed by atoms with van der Waals surface area (Å²) in [5.41, 5.74) is 7.15. The van der Waals surface area contributed by atoms with Crippen LogP contribution in [-0.2, 0) is 14.3 Å². The number of piperazine rings is 1. The molecule has 1 amide bonds. The molecule has 3 rings (SSSR count). The largest absolute Gasteiger partial charge is 0.465 e. The van der Waals surface area contributed by atoms with Gasteiger partial charge in [-0.15, -0.1) is 0 Å². The summed E-state index contributed by atoms with van der Waals surface area (Å²) < 4.78 is 5.01. The van der Waals surface area contributed by atoms with Crippen molar-refractivity contribution in [2.45, 2.75) is 25.8 Å². The number of benzene rings is 1. The minimum atomic E-state index is -0.179. The van der Waals surface area contributed by atoms with Gasteiger partial charge >= 0.3 is 5.97 Å². The van der Waals surface area contributed by atoms with Crippen LogP contribution in [0.4, 0.5) is 5.69 Å². The van der Waals surface area contributed by atoms with Gasteiger partial charge in [0.25, 0.3) is 0 Å². The highest BCUT2D eigenvalue weighted by atomic mass is 16.5. The summed E-state index contributed by atoms with van der Waals surface area (Å²) in [6.07, 6.45) is 1.77. The number of carbonyl (C=O) groups excluding carboxylic acids is 2. The number of hydrogen-bond acceptors (Lipinski definition) is 6. The Morgan fingerprint density at radius 3 is 2.43 bits per heavy atom. The Kier molecular flexibility index (Phi) is 6.51. The molecule has 2 heterocycles. The van der Waals surface area contributed by atoms with Crippen LogP contribution < -0.4 is 10.6 Å². The number of rotatable bonds is 6. The molecule has 0 atom stereocenters. The summed E-state index contributed by atoms with van der Waals surface area (Å²) in [6.45, 7) is 6.02. The lowest BCUT2D eigenvalue weighted by molar-refractivity contribution is -0.145. The minimum Gasteiger partial charge on any atom is -0.465 e. The van der Waals surface area contributed by atoms with Crippen molar-refractivity contribution in [1.29, 1.82) is 5.41 Å². The number of nitrogens with zero attached hydrogens (tertiary/aromatic N) is 3. The monoisotopic (exact) mass is 387 g/mol. The Morgan fingerprint density at radius 2 is 1.86 bits per heavy atom. The van der Waals surface area contributed by atoms with Gasteiger partial charge in [0.1, 0.15) is 5.84 Å². The standard InChI is InChI=1S/C20H29N5O3/c1-2-28-19(27)14-23-9-7-17(8-10-23)25-12-11-24(13-18(25)26)16-5-3-15(4-6-16)20(21)22/h3-6,17H,2,7-14H2,1H3,(H3,21,22). The van der Waals surface area contributed by atoms with Crippen LogP contribution in [0.5, 0.6) is 0 Å². The number of nitrogen functional groups attached to an aromatic ring is 1. The Morgan fingerprint density at radius 1 is 1.18 bits per heavy atom. The fourth-order valence-electron chi connectivity index (χ4n) is 3.92. The molecule has 0 aliphatic carbocycles. The molecule has 0 bridgehead atoms. The summed E-state index contributed by atoms with van der Waals surface area (Å²) >= 11 is 0. The van der Waals surface area contributed by atoms with E-state index < -0.39 is 0 Å². The number of ether oxygens (including phenoxy) is 1. The van der Waals surface area contributed by atoms with E-state index in [4.69, 9.17) is 15.9 Å². The van der Waals surface area contributed by atoms with Gasteiger partial charge in [0.2, 0.25) is 5.91 Å². The fraction of sp³-hybridized carbons (Fsp3) is 0.550. The minimum absolute atomic E-state index is 0.0433. The van der Waals surface area contributed by atoms with E-state index in [1.807, 2.05) is 36.1 Å². The molecule has 0 radical (unpaired) electrons. The van der Waals surface area contributed by atoms with E-state index in [2.05, 4.69) is 9.80 Å². The van der Waals surface area contributed by atoms with Crippen LogP contribution in [0.2, 0.25) is 0 Å². The van der Waals surface area contributed by atoms with Gasteiger partial charge in [0.05, 0.1) is 19.7 Å². The van der Waals surface area contributed by atoms with Gasteiger partial charge in [0.15, 0.2) is 0 Å². The average Bonchev–Trinajstić information content (AvgIpc) is 2.69. The second-order valence-corrected chi connectivity index (χ2v) is 7.28. The van der Waals surface area contributed by atoms with Crippen LogP contribution in [0.15, 0.2) is 24.3 Å². The molecule has 2 saturated heterocycles. The van der Waals surface area contributed by atoms with Crippen LogP contribution in [0.3, 0.4) is 0 Å². The molecule has 3 N–H and O–H groups in total. The first kappa shape index (κ1) is 20.1. The molecule has 0 aromatic heterocycles. The number of carbonyl (C=O) groups is 2. The van der Waals surface area contributed by atoms with Crippen LogP contribution in [0.25, 0.3) is 0 Å². The Bertz CT molecular complexity index is 713. The third-order valence-corrected chi connectivity index (χ3v) is 5.46. The Balaban J connectivity index is 1.50. The van der Waals surface area contributed by atoms with Crippen LogP contribution in [-0.4, -0.2) is 79.4 Å². The lowest BCUT2D eigenvalue weighted by Crippen LogP contribution is -2.56. The molecule has 0 saturated carbocycles. The number of amides is 1. The van der Waals surface area contributed by atoms with Gasteiger partial charge in [-0.05, 0) is 44.0 Å². The van der Waals surface area contributed by atoms with E-state index in [0.717, 1.165) is 38.2 Å². The molecule has 8 heteroatoms. The molecule has 8 nitrogen and oxygen atoms in total. The summed E-state index contributed by atoms with van der Waals surface area (Å²) in [6, 6.07) is 7.69. The van der Waals surface area contributed by atoms with Gasteiger partial charge in [0, 0.05) is 43.5 Å². The molecule has 0 unspecified atom stereocenters. The average molecular weight is 387 g/mol. The molecular weight excluding hydrogens is 358 g/mol. The number of esters is 1. The highest BCUT2D eigenvalue weighted by Gasteiger charge is 2.32. The second-order valence-electron chi connectivity index (χ2n) is 7.28.